The predicted molar refractivity (Wildman–Crippen MR) is 65.9 cm³/mol. The van der Waals surface area contributed by atoms with Crippen LogP contribution in [0.4, 0.5) is 13.2 Å². The fourth-order valence-corrected chi connectivity index (χ4v) is 1.85. The van der Waals surface area contributed by atoms with E-state index in [1.54, 1.807) is 18.3 Å². The SMILES string of the molecule is NCCCc1ccnn1-c1cccc(C(F)(F)F)c1. The van der Waals surface area contributed by atoms with Gasteiger partial charge < -0.3 is 5.73 Å². The second-order valence-corrected chi connectivity index (χ2v) is 4.17. The summed E-state index contributed by atoms with van der Waals surface area (Å²) in [7, 11) is 0. The van der Waals surface area contributed by atoms with Crippen molar-refractivity contribution in [1.29, 1.82) is 0 Å². The molecule has 0 aliphatic rings. The van der Waals surface area contributed by atoms with Gasteiger partial charge in [-0.15, -0.1) is 0 Å². The van der Waals surface area contributed by atoms with Crippen molar-refractivity contribution in [2.24, 2.45) is 5.73 Å². The molecule has 0 aliphatic carbocycles. The highest BCUT2D eigenvalue weighted by molar-refractivity contribution is 5.37. The van der Waals surface area contributed by atoms with Gasteiger partial charge in [-0.25, -0.2) is 4.68 Å². The average molecular weight is 269 g/mol. The van der Waals surface area contributed by atoms with Gasteiger partial charge in [-0.05, 0) is 43.7 Å². The zero-order valence-electron chi connectivity index (χ0n) is 10.2. The summed E-state index contributed by atoms with van der Waals surface area (Å²) < 4.78 is 39.5. The van der Waals surface area contributed by atoms with Crippen LogP contribution in [0.2, 0.25) is 0 Å². The Hall–Kier alpha value is -1.82. The van der Waals surface area contributed by atoms with Crippen molar-refractivity contribution in [2.45, 2.75) is 19.0 Å². The summed E-state index contributed by atoms with van der Waals surface area (Å²) >= 11 is 0. The van der Waals surface area contributed by atoms with E-state index in [0.717, 1.165) is 24.2 Å². The molecule has 2 rings (SSSR count). The lowest BCUT2D eigenvalue weighted by Crippen LogP contribution is -2.09. The van der Waals surface area contributed by atoms with Crippen LogP contribution in [-0.4, -0.2) is 16.3 Å². The minimum absolute atomic E-state index is 0.409. The summed E-state index contributed by atoms with van der Waals surface area (Å²) in [6, 6.07) is 6.92. The Balaban J connectivity index is 2.34. The van der Waals surface area contributed by atoms with E-state index in [4.69, 9.17) is 5.73 Å². The summed E-state index contributed by atoms with van der Waals surface area (Å²) in [4.78, 5) is 0. The lowest BCUT2D eigenvalue weighted by Gasteiger charge is -2.11. The van der Waals surface area contributed by atoms with Crippen molar-refractivity contribution in [1.82, 2.24) is 9.78 Å². The Kier molecular flexibility index (Phi) is 3.90. The number of nitrogens with zero attached hydrogens (tertiary/aromatic N) is 2. The van der Waals surface area contributed by atoms with Gasteiger partial charge in [-0.1, -0.05) is 6.07 Å². The molecular weight excluding hydrogens is 255 g/mol. The Morgan fingerprint density at radius 2 is 2.00 bits per heavy atom. The number of aryl methyl sites for hydroxylation is 1. The molecule has 1 aromatic carbocycles. The van der Waals surface area contributed by atoms with Gasteiger partial charge in [-0.3, -0.25) is 0 Å². The molecule has 0 saturated carbocycles. The number of rotatable bonds is 4. The van der Waals surface area contributed by atoms with Crippen molar-refractivity contribution >= 4 is 0 Å². The maximum absolute atomic E-state index is 12.7. The Morgan fingerprint density at radius 1 is 1.21 bits per heavy atom. The van der Waals surface area contributed by atoms with E-state index in [1.165, 1.54) is 10.7 Å². The molecule has 0 unspecified atom stereocenters. The molecule has 0 bridgehead atoms. The second kappa shape index (κ2) is 5.44. The van der Waals surface area contributed by atoms with Crippen LogP contribution in [0.15, 0.2) is 36.5 Å². The molecule has 6 heteroatoms. The minimum atomic E-state index is -4.35. The zero-order valence-corrected chi connectivity index (χ0v) is 10.2. The highest BCUT2D eigenvalue weighted by atomic mass is 19.4. The van der Waals surface area contributed by atoms with Crippen molar-refractivity contribution in [3.63, 3.8) is 0 Å². The first kappa shape index (κ1) is 13.6. The van der Waals surface area contributed by atoms with Crippen molar-refractivity contribution < 1.29 is 13.2 Å². The average Bonchev–Trinajstić information content (AvgIpc) is 2.83. The Morgan fingerprint density at radius 3 is 2.68 bits per heavy atom. The first-order valence-electron chi connectivity index (χ1n) is 5.93. The van der Waals surface area contributed by atoms with Crippen LogP contribution in [0.1, 0.15) is 17.7 Å². The van der Waals surface area contributed by atoms with E-state index in [1.807, 2.05) is 0 Å². The fourth-order valence-electron chi connectivity index (χ4n) is 1.85. The van der Waals surface area contributed by atoms with Crippen LogP contribution >= 0.6 is 0 Å². The minimum Gasteiger partial charge on any atom is -0.330 e. The van der Waals surface area contributed by atoms with Gasteiger partial charge in [0.15, 0.2) is 0 Å². The summed E-state index contributed by atoms with van der Waals surface area (Å²) in [5.41, 5.74) is 6.02. The molecule has 0 fully saturated rings. The monoisotopic (exact) mass is 269 g/mol. The van der Waals surface area contributed by atoms with E-state index in [9.17, 15) is 13.2 Å². The summed E-state index contributed by atoms with van der Waals surface area (Å²) in [5, 5.41) is 4.07. The maximum Gasteiger partial charge on any atom is 0.416 e. The molecule has 102 valence electrons. The Labute approximate surface area is 108 Å². The van der Waals surface area contributed by atoms with Crippen molar-refractivity contribution in [3.05, 3.63) is 47.8 Å². The predicted octanol–water partition coefficient (Wildman–Crippen LogP) is 2.78. The first-order chi connectivity index (χ1) is 9.02. The smallest absolute Gasteiger partial charge is 0.330 e. The number of hydrogen-bond donors (Lipinski definition) is 1. The standard InChI is InChI=1S/C13H14F3N3/c14-13(15,16)10-3-1-4-12(9-10)19-11(5-2-7-17)6-8-18-19/h1,3-4,6,8-9H,2,5,7,17H2. The molecule has 0 saturated heterocycles. The molecule has 0 spiro atoms. The highest BCUT2D eigenvalue weighted by Gasteiger charge is 2.30. The van der Waals surface area contributed by atoms with Crippen LogP contribution in [0.5, 0.6) is 0 Å². The van der Waals surface area contributed by atoms with E-state index >= 15 is 0 Å². The first-order valence-corrected chi connectivity index (χ1v) is 5.93. The summed E-state index contributed by atoms with van der Waals surface area (Å²) in [5.74, 6) is 0. The lowest BCUT2D eigenvalue weighted by atomic mass is 10.2. The third-order valence-corrected chi connectivity index (χ3v) is 2.78. The van der Waals surface area contributed by atoms with Crippen LogP contribution in [-0.2, 0) is 12.6 Å². The third kappa shape index (κ3) is 3.14. The number of benzene rings is 1. The molecule has 0 aliphatic heterocycles. The van der Waals surface area contributed by atoms with Crippen molar-refractivity contribution in [3.8, 4) is 5.69 Å². The highest BCUT2D eigenvalue weighted by Crippen LogP contribution is 2.30. The van der Waals surface area contributed by atoms with Crippen LogP contribution in [0, 0.1) is 0 Å². The molecule has 1 heterocycles. The molecule has 0 amide bonds. The topological polar surface area (TPSA) is 43.8 Å². The maximum atomic E-state index is 12.7. The quantitative estimate of drug-likeness (QED) is 0.927. The van der Waals surface area contributed by atoms with Crippen molar-refractivity contribution in [2.75, 3.05) is 6.54 Å². The third-order valence-electron chi connectivity index (χ3n) is 2.78. The zero-order chi connectivity index (χ0) is 13.9. The Bertz CT molecular complexity index is 546. The van der Waals surface area contributed by atoms with Gasteiger partial charge in [0, 0.05) is 11.9 Å². The number of halogens is 3. The number of nitrogens with two attached hydrogens (primary N) is 1. The van der Waals surface area contributed by atoms with E-state index in [-0.39, 0.29) is 0 Å². The van der Waals surface area contributed by atoms with Crippen LogP contribution in [0.3, 0.4) is 0 Å². The molecular formula is C13H14F3N3. The summed E-state index contributed by atoms with van der Waals surface area (Å²) in [6.45, 7) is 0.535. The molecule has 0 radical (unpaired) electrons. The van der Waals surface area contributed by atoms with Gasteiger partial charge in [0.25, 0.3) is 0 Å². The largest absolute Gasteiger partial charge is 0.416 e. The molecule has 3 nitrogen and oxygen atoms in total. The molecule has 2 aromatic rings. The number of aromatic nitrogens is 2. The normalized spacial score (nSPS) is 11.8. The molecule has 19 heavy (non-hydrogen) atoms. The second-order valence-electron chi connectivity index (χ2n) is 4.17. The van der Waals surface area contributed by atoms with E-state index in [0.29, 0.717) is 18.7 Å². The van der Waals surface area contributed by atoms with Gasteiger partial charge in [0.2, 0.25) is 0 Å². The van der Waals surface area contributed by atoms with Gasteiger partial charge in [0.05, 0.1) is 11.3 Å². The number of hydrogen-bond acceptors (Lipinski definition) is 2. The number of alkyl halides is 3. The molecule has 2 N–H and O–H groups in total. The fraction of sp³-hybridized carbons (Fsp3) is 0.308. The van der Waals surface area contributed by atoms with E-state index in [2.05, 4.69) is 5.10 Å². The van der Waals surface area contributed by atoms with E-state index < -0.39 is 11.7 Å². The summed E-state index contributed by atoms with van der Waals surface area (Å²) in [6.07, 6.45) is -1.32. The van der Waals surface area contributed by atoms with Gasteiger partial charge >= 0.3 is 6.18 Å². The van der Waals surface area contributed by atoms with Crippen LogP contribution in [0.25, 0.3) is 5.69 Å². The van der Waals surface area contributed by atoms with Gasteiger partial charge in [-0.2, -0.15) is 18.3 Å². The van der Waals surface area contributed by atoms with Gasteiger partial charge in [0.1, 0.15) is 0 Å². The van der Waals surface area contributed by atoms with Crippen LogP contribution < -0.4 is 5.73 Å². The molecule has 0 atom stereocenters. The lowest BCUT2D eigenvalue weighted by molar-refractivity contribution is -0.137. The molecule has 1 aromatic heterocycles.